The minimum atomic E-state index is -0.834. The van der Waals surface area contributed by atoms with Gasteiger partial charge >= 0.3 is 0 Å². The quantitative estimate of drug-likeness (QED) is 0.231. The molecular weight excluding hydrogens is 611 g/mol. The van der Waals surface area contributed by atoms with Crippen molar-refractivity contribution in [3.8, 4) is 0 Å². The minimum absolute atomic E-state index is 0.0659. The summed E-state index contributed by atoms with van der Waals surface area (Å²) < 4.78 is 0. The molecule has 0 bridgehead atoms. The van der Waals surface area contributed by atoms with Crippen LogP contribution in [0.5, 0.6) is 0 Å². The van der Waals surface area contributed by atoms with Crippen LogP contribution in [0.1, 0.15) is 80.4 Å². The summed E-state index contributed by atoms with van der Waals surface area (Å²) in [7, 11) is 0. The number of β-amino-alcohol motifs (C(OH)–C–C–N with tert-alkyl or cyclic N) is 1. The van der Waals surface area contributed by atoms with Crippen molar-refractivity contribution in [3.63, 3.8) is 0 Å². The van der Waals surface area contributed by atoms with Crippen molar-refractivity contribution in [2.75, 3.05) is 26.2 Å². The lowest BCUT2D eigenvalue weighted by Crippen LogP contribution is -2.61. The Morgan fingerprint density at radius 2 is 1.79 bits per heavy atom. The number of aromatic nitrogens is 1. The molecule has 0 radical (unpaired) electrons. The Labute approximate surface area is 283 Å². The molecule has 0 saturated carbocycles. The lowest BCUT2D eigenvalue weighted by atomic mass is 9.91. The van der Waals surface area contributed by atoms with Gasteiger partial charge in [-0.25, -0.2) is 4.98 Å². The van der Waals surface area contributed by atoms with Crippen molar-refractivity contribution in [3.05, 3.63) is 87.4 Å². The molecule has 1 aromatic heterocycles. The molecule has 1 aliphatic carbocycles. The number of aliphatic hydroxyl groups excluding tert-OH is 2. The maximum atomic E-state index is 13.9. The standard InChI is InChI=1S/C37H51N5O4S/c1-24(2)30-23-47-33(38-30)22-41-15-16-42(31(21-41)36(46)40-37(3,4)5)20-28(43)18-27(17-25-11-7-6-8-12-25)35(45)39-34-29-14-10-9-13-26(29)19-32(34)44/h6-14,23-24,27-28,31-32,34,43-44H,15-22H2,1-5H3,(H,39,45)(H,40,46)/t27-,28+,31+,32-,34+/m1/s1. The number of fused-ring (bicyclic) bond motifs is 1. The van der Waals surface area contributed by atoms with Crippen LogP contribution in [-0.2, 0) is 29.0 Å². The number of hydrogen-bond acceptors (Lipinski definition) is 8. The summed E-state index contributed by atoms with van der Waals surface area (Å²) in [6.45, 7) is 13.0. The van der Waals surface area contributed by atoms with Crippen LogP contribution in [0.4, 0.5) is 0 Å². The second-order valence-electron chi connectivity index (χ2n) is 14.5. The summed E-state index contributed by atoms with van der Waals surface area (Å²) in [5.41, 5.74) is 3.68. The number of amides is 2. The molecule has 1 aliphatic heterocycles. The third kappa shape index (κ3) is 9.48. The lowest BCUT2D eigenvalue weighted by molar-refractivity contribution is -0.132. The molecule has 2 aliphatic rings. The van der Waals surface area contributed by atoms with Gasteiger partial charge in [0.05, 0.1) is 30.5 Å². The molecule has 2 amide bonds. The van der Waals surface area contributed by atoms with Crippen molar-refractivity contribution >= 4 is 23.2 Å². The van der Waals surface area contributed by atoms with Crippen LogP contribution in [0.15, 0.2) is 60.0 Å². The number of rotatable bonds is 12. The molecule has 1 saturated heterocycles. The van der Waals surface area contributed by atoms with Gasteiger partial charge in [-0.15, -0.1) is 11.3 Å². The van der Waals surface area contributed by atoms with Crippen molar-refractivity contribution in [2.45, 2.75) is 96.2 Å². The molecule has 254 valence electrons. The third-order valence-electron chi connectivity index (χ3n) is 9.10. The molecule has 5 rings (SSSR count). The van der Waals surface area contributed by atoms with E-state index in [0.29, 0.717) is 38.4 Å². The number of nitrogens with one attached hydrogen (secondary N) is 2. The number of nitrogens with zero attached hydrogens (tertiary/aromatic N) is 3. The normalized spacial score (nSPS) is 21.7. The van der Waals surface area contributed by atoms with E-state index in [1.807, 2.05) is 75.4 Å². The number of hydrogen-bond donors (Lipinski definition) is 4. The van der Waals surface area contributed by atoms with Gasteiger partial charge in [0.15, 0.2) is 0 Å². The number of piperazine rings is 1. The average Bonchev–Trinajstić information content (AvgIpc) is 3.61. The van der Waals surface area contributed by atoms with Gasteiger partial charge in [-0.3, -0.25) is 19.4 Å². The van der Waals surface area contributed by atoms with Gasteiger partial charge < -0.3 is 20.8 Å². The summed E-state index contributed by atoms with van der Waals surface area (Å²) in [6, 6.07) is 16.7. The van der Waals surface area contributed by atoms with E-state index < -0.39 is 35.7 Å². The molecule has 0 spiro atoms. The van der Waals surface area contributed by atoms with E-state index in [0.717, 1.165) is 33.9 Å². The van der Waals surface area contributed by atoms with Crippen LogP contribution in [0, 0.1) is 5.92 Å². The summed E-state index contributed by atoms with van der Waals surface area (Å²) in [4.78, 5) is 36.6. The minimum Gasteiger partial charge on any atom is -0.392 e. The Balaban J connectivity index is 1.28. The zero-order chi connectivity index (χ0) is 33.7. The van der Waals surface area contributed by atoms with Crippen LogP contribution in [0.25, 0.3) is 0 Å². The maximum Gasteiger partial charge on any atom is 0.239 e. The number of carbonyl (C=O) groups is 2. The molecule has 4 N–H and O–H groups in total. The summed E-state index contributed by atoms with van der Waals surface area (Å²) in [5, 5.41) is 31.8. The molecular formula is C37H51N5O4S. The zero-order valence-electron chi connectivity index (χ0n) is 28.4. The molecule has 5 atom stereocenters. The van der Waals surface area contributed by atoms with Gasteiger partial charge in [-0.2, -0.15) is 0 Å². The summed E-state index contributed by atoms with van der Waals surface area (Å²) in [5.74, 6) is -0.403. The highest BCUT2D eigenvalue weighted by Gasteiger charge is 2.37. The lowest BCUT2D eigenvalue weighted by Gasteiger charge is -2.42. The van der Waals surface area contributed by atoms with Crippen LogP contribution in [0.2, 0.25) is 0 Å². The molecule has 10 heteroatoms. The highest BCUT2D eigenvalue weighted by molar-refractivity contribution is 7.09. The van der Waals surface area contributed by atoms with Gasteiger partial charge in [-0.1, -0.05) is 68.4 Å². The van der Waals surface area contributed by atoms with E-state index in [9.17, 15) is 19.8 Å². The molecule has 3 aromatic rings. The monoisotopic (exact) mass is 661 g/mol. The van der Waals surface area contributed by atoms with Crippen molar-refractivity contribution in [1.29, 1.82) is 0 Å². The summed E-state index contributed by atoms with van der Waals surface area (Å²) in [6.07, 6.45) is -0.339. The van der Waals surface area contributed by atoms with Gasteiger partial charge in [0.2, 0.25) is 11.8 Å². The predicted octanol–water partition coefficient (Wildman–Crippen LogP) is 4.05. The van der Waals surface area contributed by atoms with Crippen LogP contribution in [-0.4, -0.2) is 86.8 Å². The van der Waals surface area contributed by atoms with Crippen molar-refractivity contribution in [2.24, 2.45) is 5.92 Å². The maximum absolute atomic E-state index is 13.9. The third-order valence-corrected chi connectivity index (χ3v) is 9.95. The Morgan fingerprint density at radius 3 is 2.49 bits per heavy atom. The summed E-state index contributed by atoms with van der Waals surface area (Å²) >= 11 is 1.66. The Morgan fingerprint density at radius 1 is 1.06 bits per heavy atom. The van der Waals surface area contributed by atoms with E-state index in [4.69, 9.17) is 4.98 Å². The molecule has 2 heterocycles. The van der Waals surface area contributed by atoms with Crippen molar-refractivity contribution in [1.82, 2.24) is 25.4 Å². The SMILES string of the molecule is CC(C)c1csc(CN2CCN(C[C@@H](O)C[C@@H](Cc3ccccc3)C(=O)N[C@H]3c4ccccc4C[C@H]3O)[C@H](C(=O)NC(C)(C)C)C2)n1. The molecule has 1 fully saturated rings. The topological polar surface area (TPSA) is 118 Å². The highest BCUT2D eigenvalue weighted by Crippen LogP contribution is 2.32. The second kappa shape index (κ2) is 15.4. The Kier molecular flexibility index (Phi) is 11.5. The van der Waals surface area contributed by atoms with Crippen molar-refractivity contribution < 1.29 is 19.8 Å². The first-order chi connectivity index (χ1) is 22.4. The van der Waals surface area contributed by atoms with Crippen LogP contribution < -0.4 is 10.6 Å². The fourth-order valence-corrected chi connectivity index (χ4v) is 7.67. The fraction of sp³-hybridized carbons (Fsp3) is 0.541. The second-order valence-corrected chi connectivity index (χ2v) is 15.5. The largest absolute Gasteiger partial charge is 0.392 e. The first-order valence-corrected chi connectivity index (χ1v) is 17.7. The predicted molar refractivity (Wildman–Crippen MR) is 186 cm³/mol. The fourth-order valence-electron chi connectivity index (χ4n) is 6.67. The molecule has 9 nitrogen and oxygen atoms in total. The van der Waals surface area contributed by atoms with Crippen LogP contribution >= 0.6 is 11.3 Å². The smallest absolute Gasteiger partial charge is 0.239 e. The van der Waals surface area contributed by atoms with Gasteiger partial charge in [0.25, 0.3) is 0 Å². The van der Waals surface area contributed by atoms with Gasteiger partial charge in [-0.05, 0) is 56.2 Å². The Hall–Kier alpha value is -3.15. The number of aliphatic hydroxyl groups is 2. The van der Waals surface area contributed by atoms with E-state index in [2.05, 4.69) is 39.7 Å². The van der Waals surface area contributed by atoms with Gasteiger partial charge in [0.1, 0.15) is 11.0 Å². The molecule has 47 heavy (non-hydrogen) atoms. The van der Waals surface area contributed by atoms with E-state index in [-0.39, 0.29) is 24.8 Å². The first-order valence-electron chi connectivity index (χ1n) is 16.9. The van der Waals surface area contributed by atoms with E-state index in [1.54, 1.807) is 11.3 Å². The highest BCUT2D eigenvalue weighted by atomic mass is 32.1. The van der Waals surface area contributed by atoms with E-state index >= 15 is 0 Å². The zero-order valence-corrected chi connectivity index (χ0v) is 29.2. The first kappa shape index (κ1) is 35.2. The number of carbonyl (C=O) groups excluding carboxylic acids is 2. The van der Waals surface area contributed by atoms with E-state index in [1.165, 1.54) is 0 Å². The number of benzene rings is 2. The molecule has 2 aromatic carbocycles. The van der Waals surface area contributed by atoms with Gasteiger partial charge in [0, 0.05) is 49.4 Å². The molecule has 0 unspecified atom stereocenters. The van der Waals surface area contributed by atoms with Crippen LogP contribution in [0.3, 0.4) is 0 Å². The average molecular weight is 662 g/mol. The Bertz CT molecular complexity index is 1490. The number of thiazole rings is 1.